The fourth-order valence-electron chi connectivity index (χ4n) is 2.66. The molecule has 0 saturated heterocycles. The van der Waals surface area contributed by atoms with Crippen molar-refractivity contribution in [3.05, 3.63) is 40.8 Å². The Balaban J connectivity index is 2.11. The third-order valence-corrected chi connectivity index (χ3v) is 3.82. The van der Waals surface area contributed by atoms with E-state index >= 15 is 0 Å². The van der Waals surface area contributed by atoms with Crippen molar-refractivity contribution in [1.82, 2.24) is 9.97 Å². The molecule has 0 fully saturated rings. The van der Waals surface area contributed by atoms with Gasteiger partial charge in [-0.1, -0.05) is 29.3 Å². The van der Waals surface area contributed by atoms with E-state index in [9.17, 15) is 0 Å². The van der Waals surface area contributed by atoms with Crippen LogP contribution in [-0.2, 0) is 6.42 Å². The van der Waals surface area contributed by atoms with Gasteiger partial charge >= 0.3 is 0 Å². The van der Waals surface area contributed by atoms with Crippen LogP contribution in [0.1, 0.15) is 17.5 Å². The van der Waals surface area contributed by atoms with Crippen molar-refractivity contribution in [3.63, 3.8) is 0 Å². The fraction of sp³-hybridized carbons (Fsp3) is 0.333. The van der Waals surface area contributed by atoms with Crippen LogP contribution in [0.3, 0.4) is 0 Å². The van der Waals surface area contributed by atoms with Gasteiger partial charge in [-0.05, 0) is 31.4 Å². The van der Waals surface area contributed by atoms with E-state index in [0.717, 1.165) is 25.2 Å². The Kier molecular flexibility index (Phi) is 3.49. The standard InChI is InChI=1S/C15H16ClN3O/c1-10-5-6-12-11(8-10)4-3-7-19(12)15-13(20-2)14(16)17-9-18-15/h5-6,8-9H,3-4,7H2,1-2H3. The summed E-state index contributed by atoms with van der Waals surface area (Å²) in [5.41, 5.74) is 3.79. The van der Waals surface area contributed by atoms with Crippen LogP contribution in [0.25, 0.3) is 0 Å². The highest BCUT2D eigenvalue weighted by Gasteiger charge is 2.23. The van der Waals surface area contributed by atoms with E-state index in [1.807, 2.05) is 0 Å². The second kappa shape index (κ2) is 5.29. The maximum atomic E-state index is 6.10. The van der Waals surface area contributed by atoms with Gasteiger partial charge in [0.1, 0.15) is 6.33 Å². The van der Waals surface area contributed by atoms with Crippen LogP contribution >= 0.6 is 11.6 Å². The van der Waals surface area contributed by atoms with Gasteiger partial charge < -0.3 is 9.64 Å². The van der Waals surface area contributed by atoms with Crippen molar-refractivity contribution < 1.29 is 4.74 Å². The summed E-state index contributed by atoms with van der Waals surface area (Å²) < 4.78 is 5.37. The van der Waals surface area contributed by atoms with E-state index < -0.39 is 0 Å². The van der Waals surface area contributed by atoms with Crippen LogP contribution < -0.4 is 9.64 Å². The zero-order chi connectivity index (χ0) is 14.1. The van der Waals surface area contributed by atoms with Crippen LogP contribution in [0.4, 0.5) is 11.5 Å². The number of anilines is 2. The molecule has 5 heteroatoms. The van der Waals surface area contributed by atoms with Crippen molar-refractivity contribution in [2.45, 2.75) is 19.8 Å². The van der Waals surface area contributed by atoms with Crippen molar-refractivity contribution >= 4 is 23.1 Å². The van der Waals surface area contributed by atoms with E-state index in [1.54, 1.807) is 7.11 Å². The number of nitrogens with zero attached hydrogens (tertiary/aromatic N) is 3. The molecule has 0 atom stereocenters. The third-order valence-electron chi connectivity index (χ3n) is 3.55. The number of ether oxygens (including phenoxy) is 1. The lowest BCUT2D eigenvalue weighted by Gasteiger charge is -2.31. The van der Waals surface area contributed by atoms with Crippen molar-refractivity contribution in [2.24, 2.45) is 0 Å². The summed E-state index contributed by atoms with van der Waals surface area (Å²) in [6.45, 7) is 3.02. The summed E-state index contributed by atoms with van der Waals surface area (Å²) in [5, 5.41) is 0.344. The Morgan fingerprint density at radius 1 is 1.30 bits per heavy atom. The Labute approximate surface area is 123 Å². The number of aromatic nitrogens is 2. The largest absolute Gasteiger partial charge is 0.490 e. The zero-order valence-corrected chi connectivity index (χ0v) is 12.3. The number of aryl methyl sites for hydroxylation is 2. The summed E-state index contributed by atoms with van der Waals surface area (Å²) in [7, 11) is 1.59. The normalized spacial score (nSPS) is 14.1. The summed E-state index contributed by atoms with van der Waals surface area (Å²) in [5.74, 6) is 1.26. The van der Waals surface area contributed by atoms with Crippen molar-refractivity contribution in [3.8, 4) is 5.75 Å². The third kappa shape index (κ3) is 2.20. The van der Waals surface area contributed by atoms with Crippen LogP contribution in [0.15, 0.2) is 24.5 Å². The molecule has 0 radical (unpaired) electrons. The molecule has 0 spiro atoms. The lowest BCUT2D eigenvalue weighted by atomic mass is 9.99. The Morgan fingerprint density at radius 2 is 2.15 bits per heavy atom. The Hall–Kier alpha value is -1.81. The molecule has 0 aliphatic carbocycles. The number of hydrogen-bond acceptors (Lipinski definition) is 4. The smallest absolute Gasteiger partial charge is 0.199 e. The first-order valence-corrected chi connectivity index (χ1v) is 7.00. The van der Waals surface area contributed by atoms with Gasteiger partial charge in [0.15, 0.2) is 16.7 Å². The molecule has 1 aromatic carbocycles. The summed E-state index contributed by atoms with van der Waals surface area (Å²) in [4.78, 5) is 10.5. The lowest BCUT2D eigenvalue weighted by Crippen LogP contribution is -2.26. The average Bonchev–Trinajstić information content (AvgIpc) is 2.46. The molecule has 1 aliphatic heterocycles. The minimum absolute atomic E-state index is 0.344. The van der Waals surface area contributed by atoms with E-state index in [0.29, 0.717) is 10.9 Å². The molecule has 1 aliphatic rings. The van der Waals surface area contributed by atoms with Gasteiger partial charge in [-0.2, -0.15) is 0 Å². The van der Waals surface area contributed by atoms with Gasteiger partial charge in [-0.3, -0.25) is 0 Å². The minimum atomic E-state index is 0.344. The molecule has 0 N–H and O–H groups in total. The molecule has 0 amide bonds. The van der Waals surface area contributed by atoms with Crippen LogP contribution in [-0.4, -0.2) is 23.6 Å². The molecule has 0 unspecified atom stereocenters. The predicted octanol–water partition coefficient (Wildman–Crippen LogP) is 3.53. The number of halogens is 1. The molecule has 104 valence electrons. The molecule has 3 rings (SSSR count). The number of rotatable bonds is 2. The Bertz CT molecular complexity index is 645. The van der Waals surface area contributed by atoms with E-state index in [4.69, 9.17) is 16.3 Å². The molecule has 2 heterocycles. The predicted molar refractivity (Wildman–Crippen MR) is 80.1 cm³/mol. The zero-order valence-electron chi connectivity index (χ0n) is 11.6. The maximum Gasteiger partial charge on any atom is 0.199 e. The highest BCUT2D eigenvalue weighted by atomic mass is 35.5. The minimum Gasteiger partial charge on any atom is -0.490 e. The van der Waals surface area contributed by atoms with Gasteiger partial charge in [-0.25, -0.2) is 9.97 Å². The first-order valence-electron chi connectivity index (χ1n) is 6.62. The number of benzene rings is 1. The average molecular weight is 290 g/mol. The van der Waals surface area contributed by atoms with Crippen LogP contribution in [0.2, 0.25) is 5.15 Å². The Morgan fingerprint density at radius 3 is 2.95 bits per heavy atom. The summed E-state index contributed by atoms with van der Waals surface area (Å²) in [6.07, 6.45) is 3.65. The molecule has 1 aromatic heterocycles. The summed E-state index contributed by atoms with van der Waals surface area (Å²) >= 11 is 6.10. The van der Waals surface area contributed by atoms with Crippen LogP contribution in [0, 0.1) is 6.92 Å². The molecule has 2 aromatic rings. The molecule has 20 heavy (non-hydrogen) atoms. The van der Waals surface area contributed by atoms with E-state index in [1.165, 1.54) is 23.1 Å². The highest BCUT2D eigenvalue weighted by molar-refractivity contribution is 6.31. The van der Waals surface area contributed by atoms with Crippen molar-refractivity contribution in [1.29, 1.82) is 0 Å². The monoisotopic (exact) mass is 289 g/mol. The first-order chi connectivity index (χ1) is 9.70. The van der Waals surface area contributed by atoms with Gasteiger partial charge in [0.05, 0.1) is 7.11 Å². The van der Waals surface area contributed by atoms with E-state index in [-0.39, 0.29) is 0 Å². The number of hydrogen-bond donors (Lipinski definition) is 0. The maximum absolute atomic E-state index is 6.10. The topological polar surface area (TPSA) is 38.3 Å². The molecule has 4 nitrogen and oxygen atoms in total. The summed E-state index contributed by atoms with van der Waals surface area (Å²) in [6, 6.07) is 6.49. The molecular weight excluding hydrogens is 274 g/mol. The fourth-order valence-corrected chi connectivity index (χ4v) is 2.86. The first kappa shape index (κ1) is 13.2. The quantitative estimate of drug-likeness (QED) is 0.793. The van der Waals surface area contributed by atoms with Gasteiger partial charge in [0, 0.05) is 12.2 Å². The molecule has 0 bridgehead atoms. The number of methoxy groups -OCH3 is 1. The lowest BCUT2D eigenvalue weighted by molar-refractivity contribution is 0.411. The SMILES string of the molecule is COc1c(Cl)ncnc1N1CCCc2cc(C)ccc21. The van der Waals surface area contributed by atoms with E-state index in [2.05, 4.69) is 40.0 Å². The second-order valence-electron chi connectivity index (χ2n) is 4.91. The van der Waals surface area contributed by atoms with Gasteiger partial charge in [-0.15, -0.1) is 0 Å². The molecular formula is C15H16ClN3O. The molecule has 0 saturated carbocycles. The highest BCUT2D eigenvalue weighted by Crippen LogP contribution is 2.39. The second-order valence-corrected chi connectivity index (χ2v) is 5.27. The number of fused-ring (bicyclic) bond motifs is 1. The van der Waals surface area contributed by atoms with Gasteiger partial charge in [0.25, 0.3) is 0 Å². The van der Waals surface area contributed by atoms with Crippen molar-refractivity contribution in [2.75, 3.05) is 18.6 Å². The van der Waals surface area contributed by atoms with Gasteiger partial charge in [0.2, 0.25) is 0 Å². The van der Waals surface area contributed by atoms with Crippen LogP contribution in [0.5, 0.6) is 5.75 Å².